The molecule has 0 fully saturated rings. The van der Waals surface area contributed by atoms with Crippen molar-refractivity contribution in [3.05, 3.63) is 36.7 Å². The Balaban J connectivity index is 2.14. The topological polar surface area (TPSA) is 63.1 Å². The summed E-state index contributed by atoms with van der Waals surface area (Å²) in [6.45, 7) is 1.65. The lowest BCUT2D eigenvalue weighted by Gasteiger charge is -2.12. The zero-order chi connectivity index (χ0) is 12.8. The van der Waals surface area contributed by atoms with Crippen LogP contribution in [0.4, 0.5) is 11.4 Å². The first kappa shape index (κ1) is 12.5. The van der Waals surface area contributed by atoms with Gasteiger partial charge < -0.3 is 20.8 Å². The molecule has 4 heteroatoms. The lowest BCUT2D eigenvalue weighted by molar-refractivity contribution is 0.198. The van der Waals surface area contributed by atoms with Gasteiger partial charge in [0.1, 0.15) is 0 Å². The maximum atomic E-state index is 5.85. The van der Waals surface area contributed by atoms with Crippen LogP contribution in [-0.4, -0.2) is 25.2 Å². The molecule has 0 saturated carbocycles. The normalized spacial score (nSPS) is 10.5. The summed E-state index contributed by atoms with van der Waals surface area (Å²) in [5, 5.41) is 3.41. The number of rotatable bonds is 6. The van der Waals surface area contributed by atoms with Gasteiger partial charge in [0.2, 0.25) is 0 Å². The molecule has 96 valence electrons. The molecule has 1 aromatic carbocycles. The second kappa shape index (κ2) is 6.12. The Labute approximate surface area is 107 Å². The van der Waals surface area contributed by atoms with Crippen LogP contribution in [0.1, 0.15) is 6.42 Å². The van der Waals surface area contributed by atoms with Crippen molar-refractivity contribution in [3.63, 3.8) is 0 Å². The van der Waals surface area contributed by atoms with E-state index in [4.69, 9.17) is 10.5 Å². The Hall–Kier alpha value is -1.94. The number of methoxy groups -OCH3 is 1. The largest absolute Gasteiger partial charge is 0.399 e. The first-order valence-electron chi connectivity index (χ1n) is 6.07. The van der Waals surface area contributed by atoms with Crippen molar-refractivity contribution in [2.45, 2.75) is 6.42 Å². The number of benzene rings is 1. The molecule has 2 rings (SSSR count). The third kappa shape index (κ3) is 3.05. The van der Waals surface area contributed by atoms with Gasteiger partial charge in [-0.3, -0.25) is 0 Å². The van der Waals surface area contributed by atoms with Gasteiger partial charge in [-0.15, -0.1) is 0 Å². The van der Waals surface area contributed by atoms with Crippen LogP contribution in [0, 0.1) is 0 Å². The fraction of sp³-hybridized carbons (Fsp3) is 0.286. The summed E-state index contributed by atoms with van der Waals surface area (Å²) in [5.74, 6) is 0. The number of ether oxygens (including phenoxy) is 1. The van der Waals surface area contributed by atoms with Crippen LogP contribution in [0.5, 0.6) is 0 Å². The molecular formula is C14H19N3O. The SMILES string of the molecule is COCCCNc1ccc(N)cc1-c1cc[nH]c1. The molecule has 1 aromatic heterocycles. The summed E-state index contributed by atoms with van der Waals surface area (Å²) in [5.41, 5.74) is 9.98. The van der Waals surface area contributed by atoms with E-state index >= 15 is 0 Å². The Kier molecular flexibility index (Phi) is 4.25. The van der Waals surface area contributed by atoms with Crippen LogP contribution in [-0.2, 0) is 4.74 Å². The highest BCUT2D eigenvalue weighted by molar-refractivity contribution is 5.80. The molecule has 0 unspecified atom stereocenters. The van der Waals surface area contributed by atoms with Crippen molar-refractivity contribution in [3.8, 4) is 11.1 Å². The van der Waals surface area contributed by atoms with E-state index in [9.17, 15) is 0 Å². The summed E-state index contributed by atoms with van der Waals surface area (Å²) in [6, 6.07) is 7.95. The van der Waals surface area contributed by atoms with Crippen LogP contribution in [0.15, 0.2) is 36.7 Å². The van der Waals surface area contributed by atoms with E-state index in [-0.39, 0.29) is 0 Å². The fourth-order valence-electron chi connectivity index (χ4n) is 1.89. The van der Waals surface area contributed by atoms with Crippen LogP contribution in [0.25, 0.3) is 11.1 Å². The predicted molar refractivity (Wildman–Crippen MR) is 75.6 cm³/mol. The van der Waals surface area contributed by atoms with Crippen LogP contribution >= 0.6 is 0 Å². The number of H-pyrrole nitrogens is 1. The van der Waals surface area contributed by atoms with E-state index in [1.54, 1.807) is 7.11 Å². The quantitative estimate of drug-likeness (QED) is 0.541. The second-order valence-electron chi connectivity index (χ2n) is 4.18. The van der Waals surface area contributed by atoms with Crippen molar-refractivity contribution < 1.29 is 4.74 Å². The summed E-state index contributed by atoms with van der Waals surface area (Å²) >= 11 is 0. The molecule has 0 aliphatic heterocycles. The average Bonchev–Trinajstić information content (AvgIpc) is 2.90. The number of hydrogen-bond acceptors (Lipinski definition) is 3. The first-order chi connectivity index (χ1) is 8.81. The smallest absolute Gasteiger partial charge is 0.0479 e. The Morgan fingerprint density at radius 3 is 2.94 bits per heavy atom. The van der Waals surface area contributed by atoms with Gasteiger partial charge in [0.25, 0.3) is 0 Å². The van der Waals surface area contributed by atoms with E-state index in [1.165, 1.54) is 0 Å². The van der Waals surface area contributed by atoms with Gasteiger partial charge in [-0.2, -0.15) is 0 Å². The number of nitrogen functional groups attached to an aromatic ring is 1. The monoisotopic (exact) mass is 245 g/mol. The minimum absolute atomic E-state index is 0.765. The minimum atomic E-state index is 0.765. The van der Waals surface area contributed by atoms with Gasteiger partial charge in [-0.05, 0) is 30.7 Å². The number of aromatic nitrogens is 1. The summed E-state index contributed by atoms with van der Waals surface area (Å²) in [7, 11) is 1.72. The van der Waals surface area contributed by atoms with Gasteiger partial charge in [0.15, 0.2) is 0 Å². The summed E-state index contributed by atoms with van der Waals surface area (Å²) in [6.07, 6.45) is 4.86. The van der Waals surface area contributed by atoms with E-state index < -0.39 is 0 Å². The maximum Gasteiger partial charge on any atom is 0.0479 e. The Morgan fingerprint density at radius 2 is 2.22 bits per heavy atom. The van der Waals surface area contributed by atoms with Crippen molar-refractivity contribution in [1.29, 1.82) is 0 Å². The molecule has 0 atom stereocenters. The Morgan fingerprint density at radius 1 is 1.33 bits per heavy atom. The molecule has 4 N–H and O–H groups in total. The van der Waals surface area contributed by atoms with Gasteiger partial charge in [0, 0.05) is 55.2 Å². The molecule has 0 spiro atoms. The van der Waals surface area contributed by atoms with Crippen molar-refractivity contribution >= 4 is 11.4 Å². The molecule has 2 aromatic rings. The molecule has 0 amide bonds. The molecule has 0 aliphatic rings. The zero-order valence-electron chi connectivity index (χ0n) is 10.6. The highest BCUT2D eigenvalue weighted by atomic mass is 16.5. The third-order valence-electron chi connectivity index (χ3n) is 2.79. The van der Waals surface area contributed by atoms with Crippen molar-refractivity contribution in [2.24, 2.45) is 0 Å². The highest BCUT2D eigenvalue weighted by Gasteiger charge is 2.05. The molecule has 1 heterocycles. The molecule has 0 radical (unpaired) electrons. The lowest BCUT2D eigenvalue weighted by Crippen LogP contribution is -2.05. The minimum Gasteiger partial charge on any atom is -0.399 e. The van der Waals surface area contributed by atoms with Gasteiger partial charge in [-0.25, -0.2) is 0 Å². The zero-order valence-corrected chi connectivity index (χ0v) is 10.6. The maximum absolute atomic E-state index is 5.85. The molecule has 0 bridgehead atoms. The van der Waals surface area contributed by atoms with E-state index in [0.29, 0.717) is 0 Å². The van der Waals surface area contributed by atoms with Gasteiger partial charge in [0.05, 0.1) is 0 Å². The summed E-state index contributed by atoms with van der Waals surface area (Å²) in [4.78, 5) is 3.06. The predicted octanol–water partition coefficient (Wildman–Crippen LogP) is 2.71. The highest BCUT2D eigenvalue weighted by Crippen LogP contribution is 2.29. The number of nitrogens with two attached hydrogens (primary N) is 1. The lowest BCUT2D eigenvalue weighted by atomic mass is 10.1. The van der Waals surface area contributed by atoms with Crippen molar-refractivity contribution in [1.82, 2.24) is 4.98 Å². The van der Waals surface area contributed by atoms with E-state index in [0.717, 1.165) is 42.1 Å². The number of nitrogens with one attached hydrogen (secondary N) is 2. The van der Waals surface area contributed by atoms with Gasteiger partial charge in [-0.1, -0.05) is 0 Å². The average molecular weight is 245 g/mol. The first-order valence-corrected chi connectivity index (χ1v) is 6.07. The van der Waals surface area contributed by atoms with E-state index in [1.807, 2.05) is 36.7 Å². The third-order valence-corrected chi connectivity index (χ3v) is 2.79. The van der Waals surface area contributed by atoms with E-state index in [2.05, 4.69) is 10.3 Å². The van der Waals surface area contributed by atoms with Crippen LogP contribution < -0.4 is 11.1 Å². The van der Waals surface area contributed by atoms with Crippen LogP contribution in [0.2, 0.25) is 0 Å². The summed E-state index contributed by atoms with van der Waals surface area (Å²) < 4.78 is 5.04. The molecule has 0 saturated heterocycles. The molecular weight excluding hydrogens is 226 g/mol. The molecule has 0 aliphatic carbocycles. The molecule has 18 heavy (non-hydrogen) atoms. The van der Waals surface area contributed by atoms with Crippen molar-refractivity contribution in [2.75, 3.05) is 31.3 Å². The number of anilines is 2. The number of hydrogen-bond donors (Lipinski definition) is 3. The number of aromatic amines is 1. The standard InChI is InChI=1S/C14H19N3O/c1-18-8-2-6-17-14-4-3-12(15)9-13(14)11-5-7-16-10-11/h3-5,7,9-10,16-17H,2,6,8,15H2,1H3. The Bertz CT molecular complexity index is 480. The molecule has 4 nitrogen and oxygen atoms in total. The van der Waals surface area contributed by atoms with Gasteiger partial charge >= 0.3 is 0 Å². The fourth-order valence-corrected chi connectivity index (χ4v) is 1.89. The van der Waals surface area contributed by atoms with Crippen LogP contribution in [0.3, 0.4) is 0 Å². The second-order valence-corrected chi connectivity index (χ2v) is 4.18.